The Morgan fingerprint density at radius 1 is 0.592 bits per heavy atom. The molecule has 0 radical (unpaired) electrons. The van der Waals surface area contributed by atoms with Gasteiger partial charge in [0.1, 0.15) is 0 Å². The van der Waals surface area contributed by atoms with Gasteiger partial charge in [0.2, 0.25) is 0 Å². The molecule has 8 rings (SSSR count). The van der Waals surface area contributed by atoms with E-state index in [-0.39, 0.29) is 30.2 Å². The van der Waals surface area contributed by atoms with Crippen LogP contribution >= 0.6 is 0 Å². The standard InChI is InChI=1S/C41H58N6O2/c1-27(43-41(49)45-31-16-12-29(13-17-31)23-25-47-38-20-21-39(47)35-9-5-4-8-34(35)38)26-42-40(48)44-30-14-10-28(11-15-30)22-24-46-36-18-19-37(46)33-7-3-2-6-32(33)36/h2-9,27-31,36-39H,10-26H2,1H3,(H2,42,44,48)(H2,43,45,49). The fourth-order valence-corrected chi connectivity index (χ4v) is 10.8. The van der Waals surface area contributed by atoms with E-state index in [2.05, 4.69) is 79.6 Å². The van der Waals surface area contributed by atoms with Crippen molar-refractivity contribution in [3.8, 4) is 0 Å². The molecule has 2 aliphatic carbocycles. The summed E-state index contributed by atoms with van der Waals surface area (Å²) in [7, 11) is 0. The van der Waals surface area contributed by atoms with E-state index in [1.807, 2.05) is 6.92 Å². The van der Waals surface area contributed by atoms with Crippen molar-refractivity contribution in [2.75, 3.05) is 19.6 Å². The lowest BCUT2D eigenvalue weighted by atomic mass is 9.84. The fourth-order valence-electron chi connectivity index (χ4n) is 10.8. The van der Waals surface area contributed by atoms with Crippen LogP contribution in [-0.4, -0.2) is 59.6 Å². The van der Waals surface area contributed by atoms with Gasteiger partial charge in [0.05, 0.1) is 0 Å². The van der Waals surface area contributed by atoms with Crippen LogP contribution in [0.1, 0.15) is 143 Å². The van der Waals surface area contributed by atoms with Gasteiger partial charge in [-0.3, -0.25) is 9.80 Å². The lowest BCUT2D eigenvalue weighted by Gasteiger charge is -2.32. The lowest BCUT2D eigenvalue weighted by Crippen LogP contribution is -2.51. The van der Waals surface area contributed by atoms with Crippen LogP contribution in [0.3, 0.4) is 0 Å². The predicted molar refractivity (Wildman–Crippen MR) is 194 cm³/mol. The SMILES string of the molecule is CC(CNC(=O)NC1CCC(CCN2C3CCC2c2ccccc23)CC1)NC(=O)NC1CCC(CCN2C3CCC2c2ccccc23)CC1. The number of urea groups is 2. The second-order valence-electron chi connectivity index (χ2n) is 16.3. The zero-order chi connectivity index (χ0) is 33.3. The molecule has 4 bridgehead atoms. The van der Waals surface area contributed by atoms with Crippen LogP contribution in [0.15, 0.2) is 48.5 Å². The van der Waals surface area contributed by atoms with E-state index in [1.165, 1.54) is 77.3 Å². The second-order valence-corrected chi connectivity index (χ2v) is 16.3. The van der Waals surface area contributed by atoms with E-state index >= 15 is 0 Å². The molecular formula is C41H58N6O2. The van der Waals surface area contributed by atoms with Crippen LogP contribution in [0.25, 0.3) is 0 Å². The Kier molecular flexibility index (Phi) is 9.87. The van der Waals surface area contributed by atoms with Gasteiger partial charge in [-0.1, -0.05) is 48.5 Å². The Morgan fingerprint density at radius 2 is 0.980 bits per heavy atom. The Morgan fingerprint density at radius 3 is 1.39 bits per heavy atom. The first-order valence-corrected chi connectivity index (χ1v) is 19.8. The van der Waals surface area contributed by atoms with Gasteiger partial charge in [0.15, 0.2) is 0 Å². The minimum absolute atomic E-state index is 0.117. The molecule has 2 aromatic rings. The maximum absolute atomic E-state index is 12.8. The number of benzene rings is 2. The molecule has 8 heteroatoms. The molecule has 4 heterocycles. The summed E-state index contributed by atoms with van der Waals surface area (Å²) in [5.41, 5.74) is 6.29. The number of nitrogens with zero attached hydrogens (tertiary/aromatic N) is 2. The van der Waals surface area contributed by atoms with Crippen molar-refractivity contribution < 1.29 is 9.59 Å². The van der Waals surface area contributed by atoms with Crippen molar-refractivity contribution in [1.82, 2.24) is 31.1 Å². The summed E-state index contributed by atoms with van der Waals surface area (Å²) >= 11 is 0. The van der Waals surface area contributed by atoms with Crippen LogP contribution < -0.4 is 21.3 Å². The Labute approximate surface area is 293 Å². The highest BCUT2D eigenvalue weighted by molar-refractivity contribution is 5.75. The third-order valence-corrected chi connectivity index (χ3v) is 13.4. The summed E-state index contributed by atoms with van der Waals surface area (Å²) in [5.74, 6) is 1.51. The average molecular weight is 667 g/mol. The van der Waals surface area contributed by atoms with Crippen molar-refractivity contribution in [1.29, 1.82) is 0 Å². The summed E-state index contributed by atoms with van der Waals surface area (Å²) in [6.07, 6.45) is 16.7. The van der Waals surface area contributed by atoms with Crippen LogP contribution in [0, 0.1) is 11.8 Å². The van der Waals surface area contributed by atoms with E-state index in [0.717, 1.165) is 37.5 Å². The number of amides is 4. The van der Waals surface area contributed by atoms with Crippen molar-refractivity contribution in [3.05, 3.63) is 70.8 Å². The number of fused-ring (bicyclic) bond motifs is 10. The van der Waals surface area contributed by atoms with Crippen molar-refractivity contribution in [2.45, 2.75) is 139 Å². The smallest absolute Gasteiger partial charge is 0.315 e. The first kappa shape index (κ1) is 33.1. The second kappa shape index (κ2) is 14.6. The summed E-state index contributed by atoms with van der Waals surface area (Å²) in [4.78, 5) is 31.0. The van der Waals surface area contributed by atoms with Gasteiger partial charge in [0, 0.05) is 48.8 Å². The molecule has 4 fully saturated rings. The molecule has 5 atom stereocenters. The third kappa shape index (κ3) is 7.10. The largest absolute Gasteiger partial charge is 0.336 e. The van der Waals surface area contributed by atoms with E-state index in [1.54, 1.807) is 22.3 Å². The predicted octanol–water partition coefficient (Wildman–Crippen LogP) is 7.65. The summed E-state index contributed by atoms with van der Waals surface area (Å²) < 4.78 is 0. The molecule has 6 aliphatic rings. The molecule has 4 amide bonds. The number of nitrogens with one attached hydrogen (secondary N) is 4. The lowest BCUT2D eigenvalue weighted by molar-refractivity contribution is 0.184. The average Bonchev–Trinajstić information content (AvgIpc) is 3.88. The van der Waals surface area contributed by atoms with Crippen molar-refractivity contribution in [3.63, 3.8) is 0 Å². The van der Waals surface area contributed by atoms with E-state index in [0.29, 0.717) is 30.7 Å². The van der Waals surface area contributed by atoms with Gasteiger partial charge in [-0.25, -0.2) is 9.59 Å². The van der Waals surface area contributed by atoms with Gasteiger partial charge >= 0.3 is 12.1 Å². The highest BCUT2D eigenvalue weighted by Gasteiger charge is 2.44. The minimum atomic E-state index is -0.134. The molecule has 0 aromatic heterocycles. The summed E-state index contributed by atoms with van der Waals surface area (Å²) in [5, 5.41) is 12.4. The normalized spacial score (nSPS) is 32.3. The van der Waals surface area contributed by atoms with Crippen LogP contribution in [0.4, 0.5) is 9.59 Å². The minimum Gasteiger partial charge on any atom is -0.336 e. The highest BCUT2D eigenvalue weighted by Crippen LogP contribution is 2.54. The molecule has 5 unspecified atom stereocenters. The van der Waals surface area contributed by atoms with E-state index in [9.17, 15) is 9.59 Å². The number of rotatable bonds is 11. The zero-order valence-electron chi connectivity index (χ0n) is 29.5. The molecule has 264 valence electrons. The number of carbonyl (C=O) groups excluding carboxylic acids is 2. The van der Waals surface area contributed by atoms with E-state index in [4.69, 9.17) is 0 Å². The van der Waals surface area contributed by atoms with Crippen LogP contribution in [-0.2, 0) is 0 Å². The maximum Gasteiger partial charge on any atom is 0.315 e. The molecule has 2 aromatic carbocycles. The van der Waals surface area contributed by atoms with Gasteiger partial charge in [-0.15, -0.1) is 0 Å². The van der Waals surface area contributed by atoms with Crippen molar-refractivity contribution in [2.24, 2.45) is 11.8 Å². The first-order chi connectivity index (χ1) is 24.0. The molecule has 0 spiro atoms. The van der Waals surface area contributed by atoms with Crippen LogP contribution in [0.5, 0.6) is 0 Å². The Balaban J connectivity index is 0.670. The number of carbonyl (C=O) groups is 2. The molecule has 2 saturated carbocycles. The fraction of sp³-hybridized carbons (Fsp3) is 0.659. The zero-order valence-corrected chi connectivity index (χ0v) is 29.5. The molecular weight excluding hydrogens is 608 g/mol. The molecule has 4 aliphatic heterocycles. The Bertz CT molecular complexity index is 1400. The molecule has 2 saturated heterocycles. The van der Waals surface area contributed by atoms with Gasteiger partial charge < -0.3 is 21.3 Å². The first-order valence-electron chi connectivity index (χ1n) is 19.8. The summed E-state index contributed by atoms with van der Waals surface area (Å²) in [6.45, 7) is 4.77. The molecule has 4 N–H and O–H groups in total. The Hall–Kier alpha value is -3.10. The van der Waals surface area contributed by atoms with Crippen LogP contribution in [0.2, 0.25) is 0 Å². The third-order valence-electron chi connectivity index (χ3n) is 13.4. The highest BCUT2D eigenvalue weighted by atomic mass is 16.2. The van der Waals surface area contributed by atoms with Gasteiger partial charge in [0.25, 0.3) is 0 Å². The van der Waals surface area contributed by atoms with Gasteiger partial charge in [-0.2, -0.15) is 0 Å². The molecule has 49 heavy (non-hydrogen) atoms. The maximum atomic E-state index is 12.8. The quantitative estimate of drug-likeness (QED) is 0.198. The monoisotopic (exact) mass is 666 g/mol. The topological polar surface area (TPSA) is 88.7 Å². The van der Waals surface area contributed by atoms with Crippen molar-refractivity contribution >= 4 is 12.1 Å². The summed E-state index contributed by atoms with van der Waals surface area (Å²) in [6, 6.07) is 20.8. The number of hydrogen-bond acceptors (Lipinski definition) is 4. The van der Waals surface area contributed by atoms with E-state index < -0.39 is 0 Å². The number of hydrogen-bond donors (Lipinski definition) is 4. The molecule has 8 nitrogen and oxygen atoms in total. The van der Waals surface area contributed by atoms with Gasteiger partial charge in [-0.05, 0) is 144 Å².